The molecule has 2 nitrogen and oxygen atoms in total. The zero-order valence-corrected chi connectivity index (χ0v) is 11.3. The summed E-state index contributed by atoms with van der Waals surface area (Å²) in [6, 6.07) is 0. The molecule has 0 fully saturated rings. The van der Waals surface area contributed by atoms with Crippen molar-refractivity contribution in [2.45, 2.75) is 61.0 Å². The van der Waals surface area contributed by atoms with Crippen LogP contribution in [0, 0.1) is 17.3 Å². The van der Waals surface area contributed by atoms with Crippen LogP contribution in [0.15, 0.2) is 0 Å². The maximum absolute atomic E-state index is 12.0. The molecular weight excluding hydrogens is 188 g/mol. The molecule has 0 saturated heterocycles. The quantitative estimate of drug-likeness (QED) is 0.653. The first-order chi connectivity index (χ1) is 6.70. The fourth-order valence-corrected chi connectivity index (χ4v) is 1.75. The second-order valence-corrected chi connectivity index (χ2v) is 5.62. The Hall–Kier alpha value is -0.530. The number of carbonyl (C=O) groups excluding carboxylic acids is 1. The van der Waals surface area contributed by atoms with Crippen LogP contribution in [-0.4, -0.2) is 12.1 Å². The normalized spacial score (nSPS) is 15.9. The van der Waals surface area contributed by atoms with E-state index in [1.165, 1.54) is 0 Å². The predicted octanol–water partition coefficient (Wildman–Crippen LogP) is 3.65. The third-order valence-electron chi connectivity index (χ3n) is 2.92. The van der Waals surface area contributed by atoms with Crippen molar-refractivity contribution in [2.24, 2.45) is 17.3 Å². The molecule has 0 aromatic carbocycles. The molecule has 0 bridgehead atoms. The average molecular weight is 214 g/mol. The van der Waals surface area contributed by atoms with E-state index >= 15 is 0 Å². The van der Waals surface area contributed by atoms with Gasteiger partial charge in [0.1, 0.15) is 0 Å². The van der Waals surface area contributed by atoms with Crippen LogP contribution >= 0.6 is 0 Å². The van der Waals surface area contributed by atoms with E-state index in [2.05, 4.69) is 27.7 Å². The fourth-order valence-electron chi connectivity index (χ4n) is 1.75. The predicted molar refractivity (Wildman–Crippen MR) is 63.6 cm³/mol. The molecule has 1 atom stereocenters. The van der Waals surface area contributed by atoms with Crippen LogP contribution in [0.1, 0.15) is 54.9 Å². The summed E-state index contributed by atoms with van der Waals surface area (Å²) in [7, 11) is 0. The summed E-state index contributed by atoms with van der Waals surface area (Å²) in [5.74, 6) is 0.768. The van der Waals surface area contributed by atoms with Crippen molar-refractivity contribution < 1.29 is 9.53 Å². The van der Waals surface area contributed by atoms with E-state index < -0.39 is 0 Å². The summed E-state index contributed by atoms with van der Waals surface area (Å²) in [5, 5.41) is 0. The van der Waals surface area contributed by atoms with Gasteiger partial charge in [0, 0.05) is 0 Å². The molecule has 0 saturated carbocycles. The lowest BCUT2D eigenvalue weighted by Crippen LogP contribution is -2.37. The molecule has 0 radical (unpaired) electrons. The fraction of sp³-hybridized carbons (Fsp3) is 0.923. The highest BCUT2D eigenvalue weighted by molar-refractivity contribution is 5.76. The number of rotatable bonds is 5. The topological polar surface area (TPSA) is 26.3 Å². The van der Waals surface area contributed by atoms with Crippen molar-refractivity contribution in [2.75, 3.05) is 0 Å². The Morgan fingerprint density at radius 2 is 1.60 bits per heavy atom. The smallest absolute Gasteiger partial charge is 0.312 e. The second-order valence-electron chi connectivity index (χ2n) is 5.62. The van der Waals surface area contributed by atoms with Crippen molar-refractivity contribution in [3.8, 4) is 0 Å². The van der Waals surface area contributed by atoms with Gasteiger partial charge in [0.2, 0.25) is 0 Å². The van der Waals surface area contributed by atoms with E-state index in [1.54, 1.807) is 0 Å². The maximum atomic E-state index is 12.0. The van der Waals surface area contributed by atoms with E-state index in [-0.39, 0.29) is 17.5 Å². The number of hydrogen-bond donors (Lipinski definition) is 0. The summed E-state index contributed by atoms with van der Waals surface area (Å²) in [6.45, 7) is 14.3. The van der Waals surface area contributed by atoms with Crippen molar-refractivity contribution >= 4 is 5.97 Å². The van der Waals surface area contributed by atoms with Gasteiger partial charge in [-0.05, 0) is 39.0 Å². The van der Waals surface area contributed by atoms with E-state index in [0.717, 1.165) is 6.42 Å². The minimum absolute atomic E-state index is 0.0252. The Kier molecular flexibility index (Phi) is 5.33. The molecule has 0 spiro atoms. The van der Waals surface area contributed by atoms with Crippen LogP contribution in [0.3, 0.4) is 0 Å². The van der Waals surface area contributed by atoms with Crippen LogP contribution in [0.25, 0.3) is 0 Å². The molecule has 0 N–H and O–H groups in total. The molecule has 0 amide bonds. The molecule has 0 rings (SSSR count). The first kappa shape index (κ1) is 14.5. The molecule has 0 aromatic rings. The lowest BCUT2D eigenvalue weighted by Gasteiger charge is -2.33. The summed E-state index contributed by atoms with van der Waals surface area (Å²) in [4.78, 5) is 12.0. The minimum atomic E-state index is -0.349. The Labute approximate surface area is 94.4 Å². The Morgan fingerprint density at radius 3 is 1.87 bits per heavy atom. The highest BCUT2D eigenvalue weighted by atomic mass is 16.5. The summed E-state index contributed by atoms with van der Waals surface area (Å²) in [6.07, 6.45) is 0.860. The van der Waals surface area contributed by atoms with Crippen molar-refractivity contribution in [1.29, 1.82) is 0 Å². The van der Waals surface area contributed by atoms with Gasteiger partial charge in [0.15, 0.2) is 0 Å². The van der Waals surface area contributed by atoms with Crippen LogP contribution in [0.2, 0.25) is 0 Å². The molecule has 2 heteroatoms. The average Bonchev–Trinajstić information content (AvgIpc) is 2.00. The molecular formula is C13H26O2. The third-order valence-corrected chi connectivity index (χ3v) is 2.92. The van der Waals surface area contributed by atoms with Gasteiger partial charge in [0.05, 0.1) is 11.5 Å². The van der Waals surface area contributed by atoms with Gasteiger partial charge in [-0.1, -0.05) is 27.7 Å². The van der Waals surface area contributed by atoms with Crippen LogP contribution in [-0.2, 0) is 9.53 Å². The van der Waals surface area contributed by atoms with Crippen LogP contribution in [0.4, 0.5) is 0 Å². The number of ether oxygens (including phenoxy) is 1. The van der Waals surface area contributed by atoms with Gasteiger partial charge in [-0.3, -0.25) is 4.79 Å². The molecule has 15 heavy (non-hydrogen) atoms. The van der Waals surface area contributed by atoms with Crippen LogP contribution < -0.4 is 0 Å². The van der Waals surface area contributed by atoms with E-state index in [0.29, 0.717) is 11.8 Å². The largest absolute Gasteiger partial charge is 0.463 e. The van der Waals surface area contributed by atoms with Crippen LogP contribution in [0.5, 0.6) is 0 Å². The molecule has 90 valence electrons. The Bertz CT molecular complexity index is 207. The SMILES string of the molecule is CC(C)CC(C)(C(=O)OC(C)C)C(C)C. The number of carbonyl (C=O) groups is 1. The zero-order valence-electron chi connectivity index (χ0n) is 11.3. The number of esters is 1. The van der Waals surface area contributed by atoms with E-state index in [1.807, 2.05) is 20.8 Å². The molecule has 0 heterocycles. The van der Waals surface area contributed by atoms with Gasteiger partial charge < -0.3 is 4.74 Å². The summed E-state index contributed by atoms with van der Waals surface area (Å²) < 4.78 is 5.34. The first-order valence-corrected chi connectivity index (χ1v) is 5.91. The van der Waals surface area contributed by atoms with Gasteiger partial charge in [-0.2, -0.15) is 0 Å². The Morgan fingerprint density at radius 1 is 1.13 bits per heavy atom. The van der Waals surface area contributed by atoms with Crippen molar-refractivity contribution in [3.63, 3.8) is 0 Å². The highest BCUT2D eigenvalue weighted by Crippen LogP contribution is 2.35. The monoisotopic (exact) mass is 214 g/mol. The van der Waals surface area contributed by atoms with E-state index in [4.69, 9.17) is 4.74 Å². The summed E-state index contributed by atoms with van der Waals surface area (Å²) >= 11 is 0. The maximum Gasteiger partial charge on any atom is 0.312 e. The lowest BCUT2D eigenvalue weighted by molar-refractivity contribution is -0.163. The lowest BCUT2D eigenvalue weighted by atomic mass is 9.73. The van der Waals surface area contributed by atoms with Gasteiger partial charge >= 0.3 is 5.97 Å². The molecule has 0 aliphatic heterocycles. The van der Waals surface area contributed by atoms with Crippen molar-refractivity contribution in [3.05, 3.63) is 0 Å². The third kappa shape index (κ3) is 4.23. The molecule has 1 unspecified atom stereocenters. The minimum Gasteiger partial charge on any atom is -0.463 e. The molecule has 0 aromatic heterocycles. The van der Waals surface area contributed by atoms with Gasteiger partial charge in [0.25, 0.3) is 0 Å². The summed E-state index contributed by atoms with van der Waals surface area (Å²) in [5.41, 5.74) is -0.349. The second kappa shape index (κ2) is 5.53. The standard InChI is InChI=1S/C13H26O2/c1-9(2)8-13(7,10(3)4)12(14)15-11(5)6/h9-11H,8H2,1-7H3. The first-order valence-electron chi connectivity index (χ1n) is 5.91. The van der Waals surface area contributed by atoms with Gasteiger partial charge in [-0.25, -0.2) is 0 Å². The molecule has 0 aliphatic rings. The van der Waals surface area contributed by atoms with Gasteiger partial charge in [-0.15, -0.1) is 0 Å². The Balaban J connectivity index is 4.70. The number of hydrogen-bond acceptors (Lipinski definition) is 2. The zero-order chi connectivity index (χ0) is 12.2. The van der Waals surface area contributed by atoms with E-state index in [9.17, 15) is 4.79 Å². The molecule has 0 aliphatic carbocycles. The highest BCUT2D eigenvalue weighted by Gasteiger charge is 2.38. The van der Waals surface area contributed by atoms with Crippen molar-refractivity contribution in [1.82, 2.24) is 0 Å².